The van der Waals surface area contributed by atoms with Crippen LogP contribution in [0.15, 0.2) is 48.5 Å². The molecule has 21 heavy (non-hydrogen) atoms. The smallest absolute Gasteiger partial charge is 0.172 e. The lowest BCUT2D eigenvalue weighted by Crippen LogP contribution is -2.05. The fourth-order valence-corrected chi connectivity index (χ4v) is 2.21. The lowest BCUT2D eigenvalue weighted by molar-refractivity contribution is -0.411. The SMILES string of the molecule is CCCc1ccccc1OOOc1ccccc1CCC. The number of para-hydroxylation sites is 2. The van der Waals surface area contributed by atoms with E-state index in [1.165, 1.54) is 0 Å². The van der Waals surface area contributed by atoms with Crippen LogP contribution < -0.4 is 9.78 Å². The van der Waals surface area contributed by atoms with Crippen LogP contribution in [0.5, 0.6) is 11.5 Å². The maximum absolute atomic E-state index is 5.30. The fourth-order valence-electron chi connectivity index (χ4n) is 2.21. The van der Waals surface area contributed by atoms with Gasteiger partial charge in [-0.15, -0.1) is 0 Å². The van der Waals surface area contributed by atoms with E-state index >= 15 is 0 Å². The van der Waals surface area contributed by atoms with E-state index in [2.05, 4.69) is 13.8 Å². The Labute approximate surface area is 126 Å². The first-order valence-electron chi connectivity index (χ1n) is 7.52. The van der Waals surface area contributed by atoms with Crippen LogP contribution in [-0.4, -0.2) is 0 Å². The number of rotatable bonds is 8. The molecule has 112 valence electrons. The Hall–Kier alpha value is -2.00. The second kappa shape index (κ2) is 8.32. The second-order valence-corrected chi connectivity index (χ2v) is 4.95. The molecule has 0 aromatic heterocycles. The predicted molar refractivity (Wildman–Crippen MR) is 83.2 cm³/mol. The van der Waals surface area contributed by atoms with Gasteiger partial charge in [0.05, 0.1) is 0 Å². The Morgan fingerprint density at radius 1 is 0.667 bits per heavy atom. The molecule has 0 bridgehead atoms. The molecule has 0 saturated carbocycles. The topological polar surface area (TPSA) is 27.7 Å². The van der Waals surface area contributed by atoms with Crippen LogP contribution in [0.4, 0.5) is 0 Å². The summed E-state index contributed by atoms with van der Waals surface area (Å²) in [7, 11) is 0. The van der Waals surface area contributed by atoms with Crippen molar-refractivity contribution in [3.63, 3.8) is 0 Å². The van der Waals surface area contributed by atoms with Gasteiger partial charge >= 0.3 is 0 Å². The molecule has 0 amide bonds. The van der Waals surface area contributed by atoms with E-state index in [0.717, 1.165) is 36.8 Å². The average molecular weight is 286 g/mol. The molecule has 0 N–H and O–H groups in total. The lowest BCUT2D eigenvalue weighted by Gasteiger charge is -2.10. The summed E-state index contributed by atoms with van der Waals surface area (Å²) in [5.74, 6) is 1.40. The summed E-state index contributed by atoms with van der Waals surface area (Å²) in [5, 5.41) is 4.98. The molecule has 2 aromatic rings. The van der Waals surface area contributed by atoms with Gasteiger partial charge in [0, 0.05) is 5.04 Å². The van der Waals surface area contributed by atoms with Crippen molar-refractivity contribution in [3.8, 4) is 11.5 Å². The van der Waals surface area contributed by atoms with Gasteiger partial charge in [-0.2, -0.15) is 0 Å². The van der Waals surface area contributed by atoms with Crippen molar-refractivity contribution < 1.29 is 14.8 Å². The van der Waals surface area contributed by atoms with Crippen molar-refractivity contribution in [3.05, 3.63) is 59.7 Å². The number of hydrogen-bond acceptors (Lipinski definition) is 3. The third-order valence-electron chi connectivity index (χ3n) is 3.23. The van der Waals surface area contributed by atoms with Crippen LogP contribution in [0.1, 0.15) is 37.8 Å². The summed E-state index contributed by atoms with van der Waals surface area (Å²) < 4.78 is 0. The minimum Gasteiger partial charge on any atom is -0.299 e. The summed E-state index contributed by atoms with van der Waals surface area (Å²) in [5.41, 5.74) is 2.23. The Morgan fingerprint density at radius 3 is 1.52 bits per heavy atom. The van der Waals surface area contributed by atoms with E-state index < -0.39 is 0 Å². The van der Waals surface area contributed by atoms with Crippen molar-refractivity contribution in [2.45, 2.75) is 39.5 Å². The Bertz CT molecular complexity index is 502. The van der Waals surface area contributed by atoms with E-state index in [0.29, 0.717) is 11.5 Å². The first-order chi connectivity index (χ1) is 10.3. The minimum absolute atomic E-state index is 0.701. The van der Waals surface area contributed by atoms with Crippen molar-refractivity contribution >= 4 is 0 Å². The van der Waals surface area contributed by atoms with E-state index in [-0.39, 0.29) is 0 Å². The van der Waals surface area contributed by atoms with Gasteiger partial charge < -0.3 is 0 Å². The zero-order valence-corrected chi connectivity index (χ0v) is 12.7. The minimum atomic E-state index is 0.701. The molecule has 2 rings (SSSR count). The monoisotopic (exact) mass is 286 g/mol. The van der Waals surface area contributed by atoms with E-state index in [1.807, 2.05) is 48.5 Å². The molecule has 0 aliphatic carbocycles. The van der Waals surface area contributed by atoms with Crippen LogP contribution in [0.25, 0.3) is 0 Å². The molecule has 3 nitrogen and oxygen atoms in total. The highest BCUT2D eigenvalue weighted by molar-refractivity contribution is 5.33. The number of benzene rings is 2. The van der Waals surface area contributed by atoms with Crippen molar-refractivity contribution in [2.24, 2.45) is 0 Å². The highest BCUT2D eigenvalue weighted by Gasteiger charge is 2.06. The highest BCUT2D eigenvalue weighted by atomic mass is 17.5. The van der Waals surface area contributed by atoms with Crippen LogP contribution in [0.2, 0.25) is 0 Å². The molecule has 0 fully saturated rings. The van der Waals surface area contributed by atoms with E-state index in [9.17, 15) is 0 Å². The summed E-state index contributed by atoms with van der Waals surface area (Å²) in [6.45, 7) is 4.27. The van der Waals surface area contributed by atoms with Gasteiger partial charge in [0.25, 0.3) is 0 Å². The summed E-state index contributed by atoms with van der Waals surface area (Å²) >= 11 is 0. The Morgan fingerprint density at radius 2 is 1.10 bits per heavy atom. The summed E-state index contributed by atoms with van der Waals surface area (Å²) in [4.78, 5) is 10.6. The molecule has 2 aromatic carbocycles. The number of aryl methyl sites for hydroxylation is 2. The maximum atomic E-state index is 5.30. The molecule has 0 radical (unpaired) electrons. The van der Waals surface area contributed by atoms with Gasteiger partial charge in [0.15, 0.2) is 11.5 Å². The molecule has 0 spiro atoms. The molecule has 0 saturated heterocycles. The van der Waals surface area contributed by atoms with Gasteiger partial charge in [0.1, 0.15) is 0 Å². The van der Waals surface area contributed by atoms with Gasteiger partial charge in [0.2, 0.25) is 0 Å². The van der Waals surface area contributed by atoms with Gasteiger partial charge in [-0.25, -0.2) is 0 Å². The maximum Gasteiger partial charge on any atom is 0.172 e. The Kier molecular flexibility index (Phi) is 6.10. The van der Waals surface area contributed by atoms with Gasteiger partial charge in [-0.1, -0.05) is 63.1 Å². The molecule has 0 aliphatic heterocycles. The zero-order chi connectivity index (χ0) is 14.9. The normalized spacial score (nSPS) is 10.4. The number of hydrogen-bond donors (Lipinski definition) is 0. The van der Waals surface area contributed by atoms with Crippen molar-refractivity contribution in [1.29, 1.82) is 0 Å². The zero-order valence-electron chi connectivity index (χ0n) is 12.7. The van der Waals surface area contributed by atoms with Crippen LogP contribution in [0.3, 0.4) is 0 Å². The largest absolute Gasteiger partial charge is 0.299 e. The molecule has 0 unspecified atom stereocenters. The molecule has 0 heterocycles. The lowest BCUT2D eigenvalue weighted by atomic mass is 10.1. The summed E-state index contributed by atoms with van der Waals surface area (Å²) in [6, 6.07) is 15.7. The quantitative estimate of drug-likeness (QED) is 0.510. The van der Waals surface area contributed by atoms with Crippen molar-refractivity contribution in [1.82, 2.24) is 0 Å². The van der Waals surface area contributed by atoms with Crippen LogP contribution in [-0.2, 0) is 17.9 Å². The molecule has 0 aliphatic rings. The third kappa shape index (κ3) is 4.50. The first kappa shape index (κ1) is 15.4. The van der Waals surface area contributed by atoms with Crippen LogP contribution >= 0.6 is 0 Å². The standard InChI is InChI=1S/C18H22O3/c1-3-9-15-11-5-7-13-17(15)19-21-20-18-14-8-6-12-16(18)10-4-2/h5-8,11-14H,3-4,9-10H2,1-2H3. The molecular weight excluding hydrogens is 264 g/mol. The third-order valence-corrected chi connectivity index (χ3v) is 3.23. The Balaban J connectivity index is 1.95. The van der Waals surface area contributed by atoms with Gasteiger partial charge in [-0.05, 0) is 36.1 Å². The second-order valence-electron chi connectivity index (χ2n) is 4.95. The first-order valence-corrected chi connectivity index (χ1v) is 7.52. The molecule has 0 atom stereocenters. The van der Waals surface area contributed by atoms with Gasteiger partial charge in [-0.3, -0.25) is 9.78 Å². The van der Waals surface area contributed by atoms with E-state index in [1.54, 1.807) is 0 Å². The molecular formula is C18H22O3. The fraction of sp³-hybridized carbons (Fsp3) is 0.333. The average Bonchev–Trinajstić information content (AvgIpc) is 2.51. The highest BCUT2D eigenvalue weighted by Crippen LogP contribution is 2.22. The van der Waals surface area contributed by atoms with Crippen molar-refractivity contribution in [2.75, 3.05) is 0 Å². The van der Waals surface area contributed by atoms with Crippen LogP contribution in [0, 0.1) is 0 Å². The predicted octanol–water partition coefficient (Wildman–Crippen LogP) is 4.90. The summed E-state index contributed by atoms with van der Waals surface area (Å²) in [6.07, 6.45) is 4.01. The van der Waals surface area contributed by atoms with E-state index in [4.69, 9.17) is 14.8 Å². The molecule has 3 heteroatoms.